The van der Waals surface area contributed by atoms with Gasteiger partial charge in [-0.3, -0.25) is 0 Å². The Bertz CT molecular complexity index is 1230. The summed E-state index contributed by atoms with van der Waals surface area (Å²) in [5.74, 6) is 0. The molecule has 5 aromatic rings. The summed E-state index contributed by atoms with van der Waals surface area (Å²) >= 11 is 0. The van der Waals surface area contributed by atoms with E-state index < -0.39 is 0 Å². The molecule has 0 spiro atoms. The van der Waals surface area contributed by atoms with E-state index in [1.54, 1.807) is 0 Å². The summed E-state index contributed by atoms with van der Waals surface area (Å²) in [7, 11) is 0. The van der Waals surface area contributed by atoms with Crippen molar-refractivity contribution in [2.45, 2.75) is 0 Å². The van der Waals surface area contributed by atoms with Crippen LogP contribution in [0.1, 0.15) is 11.1 Å². The first-order valence-electron chi connectivity index (χ1n) is 7.34. The Balaban J connectivity index is 2.18. The summed E-state index contributed by atoms with van der Waals surface area (Å²) < 4.78 is 2.18. The van der Waals surface area contributed by atoms with E-state index >= 15 is 0 Å². The van der Waals surface area contributed by atoms with Gasteiger partial charge in [0, 0.05) is 21.5 Å². The molecule has 0 aliphatic carbocycles. The van der Waals surface area contributed by atoms with Crippen LogP contribution in [0.15, 0.2) is 54.6 Å². The minimum atomic E-state index is 0.642. The standard InChI is InChI=1S/C20H9N3/c21-10-12-4-6-14-16-2-1-3-17-15-7-5-13(11-22)9-19(15)23(20(16)17)18(14)8-12/h1-9H. The molecule has 0 amide bonds. The second-order valence-corrected chi connectivity index (χ2v) is 5.72. The van der Waals surface area contributed by atoms with Crippen molar-refractivity contribution in [3.05, 3.63) is 65.7 Å². The van der Waals surface area contributed by atoms with Crippen molar-refractivity contribution in [2.75, 3.05) is 0 Å². The summed E-state index contributed by atoms with van der Waals surface area (Å²) in [5, 5.41) is 23.1. The van der Waals surface area contributed by atoms with Crippen molar-refractivity contribution < 1.29 is 0 Å². The lowest BCUT2D eigenvalue weighted by molar-refractivity contribution is 1.36. The zero-order chi connectivity index (χ0) is 15.6. The smallest absolute Gasteiger partial charge is 0.0992 e. The van der Waals surface area contributed by atoms with Gasteiger partial charge in [-0.05, 0) is 24.3 Å². The van der Waals surface area contributed by atoms with Gasteiger partial charge in [0.25, 0.3) is 0 Å². The van der Waals surface area contributed by atoms with Gasteiger partial charge in [-0.15, -0.1) is 0 Å². The number of rotatable bonds is 0. The number of aromatic nitrogens is 1. The van der Waals surface area contributed by atoms with Crippen LogP contribution >= 0.6 is 0 Å². The third kappa shape index (κ3) is 1.36. The van der Waals surface area contributed by atoms with Crippen LogP contribution in [0, 0.1) is 22.7 Å². The highest BCUT2D eigenvalue weighted by atomic mass is 14.9. The lowest BCUT2D eigenvalue weighted by Gasteiger charge is -1.98. The van der Waals surface area contributed by atoms with Gasteiger partial charge in [-0.1, -0.05) is 30.3 Å². The maximum atomic E-state index is 9.22. The average molecular weight is 291 g/mol. The molecular formula is C20H9N3. The Kier molecular flexibility index (Phi) is 2.09. The Labute approximate surface area is 131 Å². The molecule has 0 radical (unpaired) electrons. The minimum Gasteiger partial charge on any atom is -0.308 e. The van der Waals surface area contributed by atoms with Crippen molar-refractivity contribution in [3.63, 3.8) is 0 Å². The summed E-state index contributed by atoms with van der Waals surface area (Å²) in [4.78, 5) is 0. The van der Waals surface area contributed by atoms with Crippen molar-refractivity contribution in [3.8, 4) is 12.1 Å². The first-order valence-corrected chi connectivity index (χ1v) is 7.34. The monoisotopic (exact) mass is 291 g/mol. The molecule has 0 saturated carbocycles. The number of benzene rings is 3. The van der Waals surface area contributed by atoms with Crippen LogP contribution in [0.5, 0.6) is 0 Å². The minimum absolute atomic E-state index is 0.642. The van der Waals surface area contributed by atoms with Gasteiger partial charge in [0.1, 0.15) is 0 Å². The highest BCUT2D eigenvalue weighted by Gasteiger charge is 2.17. The number of para-hydroxylation sites is 1. The highest BCUT2D eigenvalue weighted by Crippen LogP contribution is 2.39. The van der Waals surface area contributed by atoms with Gasteiger partial charge >= 0.3 is 0 Å². The predicted octanol–water partition coefficient (Wildman–Crippen LogP) is 4.58. The van der Waals surface area contributed by atoms with E-state index in [0.717, 1.165) is 27.3 Å². The van der Waals surface area contributed by atoms with Gasteiger partial charge in [0.15, 0.2) is 0 Å². The Morgan fingerprint density at radius 3 is 1.65 bits per heavy atom. The van der Waals surface area contributed by atoms with Crippen LogP contribution in [0.25, 0.3) is 38.1 Å². The highest BCUT2D eigenvalue weighted by molar-refractivity contribution is 6.23. The van der Waals surface area contributed by atoms with Crippen LogP contribution < -0.4 is 0 Å². The van der Waals surface area contributed by atoms with E-state index in [1.165, 1.54) is 10.8 Å². The number of fused-ring (bicyclic) bond motifs is 6. The Morgan fingerprint density at radius 1 is 0.652 bits per heavy atom. The summed E-state index contributed by atoms with van der Waals surface area (Å²) in [5.41, 5.74) is 4.47. The van der Waals surface area contributed by atoms with Gasteiger partial charge in [-0.2, -0.15) is 10.5 Å². The van der Waals surface area contributed by atoms with E-state index in [4.69, 9.17) is 0 Å². The third-order valence-electron chi connectivity index (χ3n) is 4.58. The van der Waals surface area contributed by atoms with E-state index in [9.17, 15) is 10.5 Å². The van der Waals surface area contributed by atoms with Crippen LogP contribution in [0.4, 0.5) is 0 Å². The van der Waals surface area contributed by atoms with Gasteiger partial charge < -0.3 is 4.40 Å². The second kappa shape index (κ2) is 4.00. The molecule has 0 aliphatic heterocycles. The van der Waals surface area contributed by atoms with Gasteiger partial charge in [0.05, 0.1) is 39.8 Å². The molecule has 23 heavy (non-hydrogen) atoms. The van der Waals surface area contributed by atoms with Crippen LogP contribution in [0.2, 0.25) is 0 Å². The Hall–Kier alpha value is -3.56. The maximum absolute atomic E-state index is 9.22. The maximum Gasteiger partial charge on any atom is 0.0992 e. The number of nitrogens with zero attached hydrogens (tertiary/aromatic N) is 3. The zero-order valence-electron chi connectivity index (χ0n) is 12.0. The summed E-state index contributed by atoms with van der Waals surface area (Å²) in [6, 6.07) is 22.3. The molecule has 104 valence electrons. The predicted molar refractivity (Wildman–Crippen MR) is 90.5 cm³/mol. The quantitative estimate of drug-likeness (QED) is 0.419. The van der Waals surface area contributed by atoms with Gasteiger partial charge in [-0.25, -0.2) is 0 Å². The van der Waals surface area contributed by atoms with E-state index in [0.29, 0.717) is 11.1 Å². The number of nitriles is 2. The molecule has 0 atom stereocenters. The average Bonchev–Trinajstić information content (AvgIpc) is 3.12. The van der Waals surface area contributed by atoms with E-state index in [2.05, 4.69) is 34.7 Å². The third-order valence-corrected chi connectivity index (χ3v) is 4.58. The molecule has 0 unspecified atom stereocenters. The van der Waals surface area contributed by atoms with Crippen LogP contribution in [0.3, 0.4) is 0 Å². The Morgan fingerprint density at radius 2 is 1.17 bits per heavy atom. The molecule has 2 aromatic heterocycles. The van der Waals surface area contributed by atoms with E-state index in [1.807, 2.05) is 36.4 Å². The molecule has 0 saturated heterocycles. The molecule has 0 bridgehead atoms. The summed E-state index contributed by atoms with van der Waals surface area (Å²) in [6.45, 7) is 0. The molecular weight excluding hydrogens is 282 g/mol. The first-order chi connectivity index (χ1) is 11.3. The molecule has 0 fully saturated rings. The number of hydrogen-bond acceptors (Lipinski definition) is 2. The second-order valence-electron chi connectivity index (χ2n) is 5.72. The molecule has 2 heterocycles. The fraction of sp³-hybridized carbons (Fsp3) is 0. The van der Waals surface area contributed by atoms with Crippen molar-refractivity contribution in [1.29, 1.82) is 10.5 Å². The lowest BCUT2D eigenvalue weighted by Crippen LogP contribution is -1.83. The molecule has 3 aromatic carbocycles. The molecule has 5 rings (SSSR count). The molecule has 0 N–H and O–H groups in total. The fourth-order valence-electron chi connectivity index (χ4n) is 3.62. The summed E-state index contributed by atoms with van der Waals surface area (Å²) in [6.07, 6.45) is 0. The van der Waals surface area contributed by atoms with Crippen LogP contribution in [-0.4, -0.2) is 4.40 Å². The lowest BCUT2D eigenvalue weighted by atomic mass is 10.1. The van der Waals surface area contributed by atoms with Crippen molar-refractivity contribution in [2.24, 2.45) is 0 Å². The zero-order valence-corrected chi connectivity index (χ0v) is 12.0. The van der Waals surface area contributed by atoms with Crippen molar-refractivity contribution in [1.82, 2.24) is 4.40 Å². The number of hydrogen-bond donors (Lipinski definition) is 0. The largest absolute Gasteiger partial charge is 0.308 e. The molecule has 3 nitrogen and oxygen atoms in total. The SMILES string of the molecule is N#Cc1ccc2c3cccc4c5ccc(C#N)cc5n(c2c1)c34. The van der Waals surface area contributed by atoms with E-state index in [-0.39, 0.29) is 0 Å². The normalized spacial score (nSPS) is 11.4. The van der Waals surface area contributed by atoms with Crippen LogP contribution in [-0.2, 0) is 0 Å². The first kappa shape index (κ1) is 12.0. The fourth-order valence-corrected chi connectivity index (χ4v) is 3.62. The molecule has 0 aliphatic rings. The molecule has 3 heteroatoms. The van der Waals surface area contributed by atoms with Crippen molar-refractivity contribution >= 4 is 38.1 Å². The van der Waals surface area contributed by atoms with Gasteiger partial charge in [0.2, 0.25) is 0 Å². The topological polar surface area (TPSA) is 52.0 Å².